The lowest BCUT2D eigenvalue weighted by Gasteiger charge is -2.15. The Morgan fingerprint density at radius 2 is 2.05 bits per heavy atom. The molecule has 1 aliphatic rings. The van der Waals surface area contributed by atoms with Crippen LogP contribution >= 0.6 is 0 Å². The summed E-state index contributed by atoms with van der Waals surface area (Å²) in [6, 6.07) is 3.37. The smallest absolute Gasteiger partial charge is 0.238 e. The van der Waals surface area contributed by atoms with Crippen molar-refractivity contribution < 1.29 is 13.6 Å². The van der Waals surface area contributed by atoms with Gasteiger partial charge in [-0.05, 0) is 25.6 Å². The zero-order valence-electron chi connectivity index (χ0n) is 10.7. The highest BCUT2D eigenvalue weighted by molar-refractivity contribution is 5.92. The summed E-state index contributed by atoms with van der Waals surface area (Å²) in [4.78, 5) is 13.8. The number of rotatable bonds is 4. The molecule has 6 heteroatoms. The predicted molar refractivity (Wildman–Crippen MR) is 68.9 cm³/mol. The van der Waals surface area contributed by atoms with Gasteiger partial charge in [0.15, 0.2) is 0 Å². The monoisotopic (exact) mass is 269 g/mol. The molecule has 0 saturated carbocycles. The number of halogens is 2. The van der Waals surface area contributed by atoms with Crippen LogP contribution in [-0.2, 0) is 4.79 Å². The molecule has 19 heavy (non-hydrogen) atoms. The summed E-state index contributed by atoms with van der Waals surface area (Å²) in [7, 11) is 1.89. The number of nitrogens with one attached hydrogen (secondary N) is 2. The van der Waals surface area contributed by atoms with Crippen LogP contribution in [0.25, 0.3) is 0 Å². The maximum absolute atomic E-state index is 13.0. The Labute approximate surface area is 110 Å². The average molecular weight is 269 g/mol. The molecule has 1 unspecified atom stereocenters. The van der Waals surface area contributed by atoms with E-state index in [1.54, 1.807) is 0 Å². The second-order valence-corrected chi connectivity index (χ2v) is 4.72. The maximum Gasteiger partial charge on any atom is 0.238 e. The minimum absolute atomic E-state index is 0.145. The first-order valence-electron chi connectivity index (χ1n) is 6.22. The number of amides is 1. The lowest BCUT2D eigenvalue weighted by Crippen LogP contribution is -2.34. The van der Waals surface area contributed by atoms with Gasteiger partial charge in [0.25, 0.3) is 0 Å². The third kappa shape index (κ3) is 3.97. The Morgan fingerprint density at radius 1 is 1.37 bits per heavy atom. The summed E-state index contributed by atoms with van der Waals surface area (Å²) in [5, 5.41) is 5.66. The Hall–Kier alpha value is -1.53. The molecule has 104 valence electrons. The van der Waals surface area contributed by atoms with Crippen LogP contribution in [0.2, 0.25) is 0 Å². The number of hydrogen-bond donors (Lipinski definition) is 2. The molecular formula is C13H17F2N3O. The predicted octanol–water partition coefficient (Wildman–Crippen LogP) is 1.20. The summed E-state index contributed by atoms with van der Waals surface area (Å²) < 4.78 is 25.9. The molecule has 1 aliphatic heterocycles. The molecule has 0 radical (unpaired) electrons. The zero-order chi connectivity index (χ0) is 13.8. The quantitative estimate of drug-likeness (QED) is 0.863. The highest BCUT2D eigenvalue weighted by atomic mass is 19.1. The van der Waals surface area contributed by atoms with Crippen molar-refractivity contribution in [2.75, 3.05) is 32.0 Å². The molecule has 4 nitrogen and oxygen atoms in total. The molecular weight excluding hydrogens is 252 g/mol. The lowest BCUT2D eigenvalue weighted by atomic mass is 10.3. The summed E-state index contributed by atoms with van der Waals surface area (Å²) in [5.41, 5.74) is 0.145. The van der Waals surface area contributed by atoms with E-state index in [-0.39, 0.29) is 18.1 Å². The summed E-state index contributed by atoms with van der Waals surface area (Å²) in [6.07, 6.45) is 0.998. The van der Waals surface area contributed by atoms with Crippen molar-refractivity contribution in [3.8, 4) is 0 Å². The van der Waals surface area contributed by atoms with Crippen molar-refractivity contribution in [3.05, 3.63) is 29.8 Å². The van der Waals surface area contributed by atoms with Crippen molar-refractivity contribution in [3.63, 3.8) is 0 Å². The molecule has 1 aromatic carbocycles. The van der Waals surface area contributed by atoms with Gasteiger partial charge in [0, 0.05) is 30.9 Å². The van der Waals surface area contributed by atoms with Crippen LogP contribution in [0.3, 0.4) is 0 Å². The van der Waals surface area contributed by atoms with Crippen LogP contribution in [0.1, 0.15) is 6.42 Å². The molecule has 0 spiro atoms. The molecule has 1 aromatic rings. The van der Waals surface area contributed by atoms with Gasteiger partial charge < -0.3 is 10.6 Å². The number of hydrogen-bond acceptors (Lipinski definition) is 3. The van der Waals surface area contributed by atoms with Crippen LogP contribution in [0.4, 0.5) is 14.5 Å². The van der Waals surface area contributed by atoms with Gasteiger partial charge in [-0.2, -0.15) is 0 Å². The Morgan fingerprint density at radius 3 is 2.63 bits per heavy atom. The van der Waals surface area contributed by atoms with Gasteiger partial charge in [-0.15, -0.1) is 0 Å². The first-order valence-corrected chi connectivity index (χ1v) is 6.22. The maximum atomic E-state index is 13.0. The van der Waals surface area contributed by atoms with Crippen molar-refractivity contribution >= 4 is 11.6 Å². The van der Waals surface area contributed by atoms with Gasteiger partial charge in [0.1, 0.15) is 11.6 Å². The van der Waals surface area contributed by atoms with E-state index in [1.165, 1.54) is 0 Å². The number of carbonyl (C=O) groups is 1. The number of nitrogens with zero attached hydrogens (tertiary/aromatic N) is 1. The average Bonchev–Trinajstić information content (AvgIpc) is 2.74. The second-order valence-electron chi connectivity index (χ2n) is 4.72. The molecule has 0 aromatic heterocycles. The van der Waals surface area contributed by atoms with E-state index in [0.717, 1.165) is 37.7 Å². The van der Waals surface area contributed by atoms with Crippen molar-refractivity contribution in [2.24, 2.45) is 0 Å². The van der Waals surface area contributed by atoms with Crippen LogP contribution in [0, 0.1) is 11.6 Å². The molecule has 0 bridgehead atoms. The van der Waals surface area contributed by atoms with Gasteiger partial charge >= 0.3 is 0 Å². The second kappa shape index (κ2) is 6.08. The topological polar surface area (TPSA) is 44.4 Å². The van der Waals surface area contributed by atoms with E-state index in [1.807, 2.05) is 11.9 Å². The zero-order valence-corrected chi connectivity index (χ0v) is 10.7. The van der Waals surface area contributed by atoms with Gasteiger partial charge in [-0.3, -0.25) is 9.69 Å². The number of likely N-dealkylation sites (tertiary alicyclic amines) is 1. The summed E-state index contributed by atoms with van der Waals surface area (Å²) >= 11 is 0. The third-order valence-corrected chi connectivity index (χ3v) is 3.19. The molecule has 1 atom stereocenters. The third-order valence-electron chi connectivity index (χ3n) is 3.19. The molecule has 1 heterocycles. The highest BCUT2D eigenvalue weighted by Crippen LogP contribution is 2.13. The van der Waals surface area contributed by atoms with Crippen LogP contribution in [0.5, 0.6) is 0 Å². The molecule has 1 fully saturated rings. The van der Waals surface area contributed by atoms with E-state index in [0.29, 0.717) is 6.04 Å². The Bertz CT molecular complexity index is 447. The van der Waals surface area contributed by atoms with Gasteiger partial charge in [0.2, 0.25) is 5.91 Å². The molecule has 1 amide bonds. The standard InChI is InChI=1S/C13H17F2N3O/c1-16-11-2-3-18(7-11)8-13(19)17-12-5-9(14)4-10(15)6-12/h4-6,11,16H,2-3,7-8H2,1H3,(H,17,19). The molecule has 2 N–H and O–H groups in total. The van der Waals surface area contributed by atoms with E-state index < -0.39 is 11.6 Å². The van der Waals surface area contributed by atoms with Crippen molar-refractivity contribution in [1.82, 2.24) is 10.2 Å². The SMILES string of the molecule is CNC1CCN(CC(=O)Nc2cc(F)cc(F)c2)C1. The Kier molecular flexibility index (Phi) is 4.44. The van der Waals surface area contributed by atoms with E-state index in [2.05, 4.69) is 10.6 Å². The highest BCUT2D eigenvalue weighted by Gasteiger charge is 2.22. The largest absolute Gasteiger partial charge is 0.325 e. The Balaban J connectivity index is 1.87. The number of anilines is 1. The molecule has 1 saturated heterocycles. The van der Waals surface area contributed by atoms with E-state index in [9.17, 15) is 13.6 Å². The van der Waals surface area contributed by atoms with Gasteiger partial charge in [0.05, 0.1) is 6.54 Å². The van der Waals surface area contributed by atoms with Crippen LogP contribution in [0.15, 0.2) is 18.2 Å². The van der Waals surface area contributed by atoms with Crippen LogP contribution < -0.4 is 10.6 Å². The minimum Gasteiger partial charge on any atom is -0.325 e. The van der Waals surface area contributed by atoms with Gasteiger partial charge in [-0.25, -0.2) is 8.78 Å². The lowest BCUT2D eigenvalue weighted by molar-refractivity contribution is -0.117. The van der Waals surface area contributed by atoms with Crippen LogP contribution in [-0.4, -0.2) is 43.5 Å². The first kappa shape index (κ1) is 13.9. The van der Waals surface area contributed by atoms with E-state index in [4.69, 9.17) is 0 Å². The normalized spacial score (nSPS) is 19.6. The van der Waals surface area contributed by atoms with Crippen molar-refractivity contribution in [1.29, 1.82) is 0 Å². The summed E-state index contributed by atoms with van der Waals surface area (Å²) in [6.45, 7) is 1.88. The van der Waals surface area contributed by atoms with Gasteiger partial charge in [-0.1, -0.05) is 0 Å². The van der Waals surface area contributed by atoms with E-state index >= 15 is 0 Å². The minimum atomic E-state index is -0.702. The fourth-order valence-electron chi connectivity index (χ4n) is 2.24. The number of benzene rings is 1. The molecule has 0 aliphatic carbocycles. The fourth-order valence-corrected chi connectivity index (χ4v) is 2.24. The number of carbonyl (C=O) groups excluding carboxylic acids is 1. The molecule has 2 rings (SSSR count). The summed E-state index contributed by atoms with van der Waals surface area (Å²) in [5.74, 6) is -1.67. The first-order chi connectivity index (χ1) is 9.06. The number of likely N-dealkylation sites (N-methyl/N-ethyl adjacent to an activating group) is 1. The fraction of sp³-hybridized carbons (Fsp3) is 0.462. The van der Waals surface area contributed by atoms with Crippen molar-refractivity contribution in [2.45, 2.75) is 12.5 Å².